The third-order valence-corrected chi connectivity index (χ3v) is 13.4. The van der Waals surface area contributed by atoms with Gasteiger partial charge in [0, 0.05) is 51.6 Å². The van der Waals surface area contributed by atoms with Gasteiger partial charge in [0.05, 0.1) is 11.4 Å². The van der Waals surface area contributed by atoms with Crippen molar-refractivity contribution in [1.29, 1.82) is 0 Å². The van der Waals surface area contributed by atoms with Gasteiger partial charge in [-0.1, -0.05) is 164 Å². The van der Waals surface area contributed by atoms with Crippen molar-refractivity contribution in [2.24, 2.45) is 0 Å². The van der Waals surface area contributed by atoms with E-state index in [1.165, 1.54) is 84.9 Å². The Bertz CT molecular complexity index is 3230. The zero-order valence-electron chi connectivity index (χ0n) is 31.0. The monoisotopic (exact) mass is 761 g/mol. The van der Waals surface area contributed by atoms with E-state index in [1.807, 2.05) is 22.7 Å². The molecule has 0 fully saturated rings. The summed E-state index contributed by atoms with van der Waals surface area (Å²) >= 11 is 3.73. The maximum atomic E-state index is 2.50. The number of thiophene rings is 2. The van der Waals surface area contributed by atoms with Gasteiger partial charge in [-0.2, -0.15) is 0 Å². The first-order valence-corrected chi connectivity index (χ1v) is 21.0. The SMILES string of the molecule is c1ccc(-c2ccccc2-c2c(-c3ccccc3)cccc2N(c2ccc(-c3ccc4c(c3)sc3ccccc34)cc2)c2cccc3sc4ccccc4c23)cc1. The molecule has 0 aliphatic carbocycles. The van der Waals surface area contributed by atoms with Gasteiger partial charge in [-0.3, -0.25) is 0 Å². The van der Waals surface area contributed by atoms with Crippen LogP contribution in [0.4, 0.5) is 17.1 Å². The molecule has 9 aromatic carbocycles. The second-order valence-electron chi connectivity index (χ2n) is 14.4. The van der Waals surface area contributed by atoms with Gasteiger partial charge in [-0.25, -0.2) is 0 Å². The van der Waals surface area contributed by atoms with Crippen LogP contribution < -0.4 is 4.90 Å². The van der Waals surface area contributed by atoms with Gasteiger partial charge >= 0.3 is 0 Å². The summed E-state index contributed by atoms with van der Waals surface area (Å²) < 4.78 is 5.21. The minimum atomic E-state index is 1.10. The Kier molecular flexibility index (Phi) is 8.28. The summed E-state index contributed by atoms with van der Waals surface area (Å²) in [6.07, 6.45) is 0. The highest BCUT2D eigenvalue weighted by Crippen LogP contribution is 2.51. The normalized spacial score (nSPS) is 11.5. The molecule has 0 saturated carbocycles. The van der Waals surface area contributed by atoms with Gasteiger partial charge in [0.15, 0.2) is 0 Å². The molecule has 2 aromatic heterocycles. The molecular formula is C54H35NS2. The van der Waals surface area contributed by atoms with Crippen LogP contribution in [0.5, 0.6) is 0 Å². The average molecular weight is 762 g/mol. The van der Waals surface area contributed by atoms with Gasteiger partial charge < -0.3 is 4.90 Å². The summed E-state index contributed by atoms with van der Waals surface area (Å²) in [6.45, 7) is 0. The number of nitrogens with zero attached hydrogens (tertiary/aromatic N) is 1. The van der Waals surface area contributed by atoms with E-state index in [0.717, 1.165) is 17.1 Å². The van der Waals surface area contributed by atoms with E-state index in [4.69, 9.17) is 0 Å². The highest BCUT2D eigenvalue weighted by Gasteiger charge is 2.25. The lowest BCUT2D eigenvalue weighted by Gasteiger charge is -2.30. The first-order chi connectivity index (χ1) is 28.3. The molecule has 0 saturated heterocycles. The summed E-state index contributed by atoms with van der Waals surface area (Å²) in [4.78, 5) is 2.50. The minimum Gasteiger partial charge on any atom is -0.309 e. The predicted octanol–water partition coefficient (Wildman–Crippen LogP) is 16.6. The van der Waals surface area contributed by atoms with Crippen LogP contribution in [0, 0.1) is 0 Å². The lowest BCUT2D eigenvalue weighted by Crippen LogP contribution is -2.12. The van der Waals surface area contributed by atoms with Gasteiger partial charge in [-0.05, 0) is 87.5 Å². The van der Waals surface area contributed by atoms with Crippen molar-refractivity contribution in [3.8, 4) is 44.5 Å². The molecule has 2 heterocycles. The highest BCUT2D eigenvalue weighted by atomic mass is 32.1. The molecule has 0 spiro atoms. The second-order valence-corrected chi connectivity index (χ2v) is 16.6. The van der Waals surface area contributed by atoms with Crippen LogP contribution in [-0.2, 0) is 0 Å². The molecule has 11 aromatic rings. The first kappa shape index (κ1) is 33.5. The standard InChI is InChI=1S/C54H35NS2/c1-3-15-37(16-4-1)41-19-7-8-21-45(41)53-42(38-17-5-2-6-18-38)23-13-24-47(53)55(48-25-14-28-51-54(48)46-22-10-12-27-50(46)56-51)40-32-29-36(30-33-40)39-31-34-44-43-20-9-11-26-49(43)57-52(44)35-39/h1-35H. The fourth-order valence-corrected chi connectivity index (χ4v) is 10.8. The Labute approximate surface area is 340 Å². The summed E-state index contributed by atoms with van der Waals surface area (Å²) in [7, 11) is 0. The quantitative estimate of drug-likeness (QED) is 0.156. The Morgan fingerprint density at radius 2 is 0.825 bits per heavy atom. The highest BCUT2D eigenvalue weighted by molar-refractivity contribution is 7.26. The maximum Gasteiger partial charge on any atom is 0.0555 e. The fraction of sp³-hybridized carbons (Fsp3) is 0. The van der Waals surface area contributed by atoms with Gasteiger partial charge in [0.25, 0.3) is 0 Å². The lowest BCUT2D eigenvalue weighted by atomic mass is 9.87. The summed E-state index contributed by atoms with van der Waals surface area (Å²) in [5, 5.41) is 5.19. The van der Waals surface area contributed by atoms with Crippen molar-refractivity contribution in [1.82, 2.24) is 0 Å². The Balaban J connectivity index is 1.16. The Hall–Kier alpha value is -6.78. The number of fused-ring (bicyclic) bond motifs is 6. The first-order valence-electron chi connectivity index (χ1n) is 19.3. The van der Waals surface area contributed by atoms with E-state index < -0.39 is 0 Å². The number of rotatable bonds is 7. The number of hydrogen-bond acceptors (Lipinski definition) is 3. The number of hydrogen-bond donors (Lipinski definition) is 0. The van der Waals surface area contributed by atoms with Crippen LogP contribution in [0.1, 0.15) is 0 Å². The molecule has 268 valence electrons. The predicted molar refractivity (Wildman–Crippen MR) is 249 cm³/mol. The third kappa shape index (κ3) is 5.83. The van der Waals surface area contributed by atoms with E-state index in [9.17, 15) is 0 Å². The smallest absolute Gasteiger partial charge is 0.0555 e. The molecule has 0 aliphatic rings. The van der Waals surface area contributed by atoms with Crippen molar-refractivity contribution in [2.45, 2.75) is 0 Å². The molecular weight excluding hydrogens is 727 g/mol. The van der Waals surface area contributed by atoms with Crippen molar-refractivity contribution < 1.29 is 0 Å². The third-order valence-electron chi connectivity index (χ3n) is 11.1. The van der Waals surface area contributed by atoms with E-state index in [0.29, 0.717) is 0 Å². The Morgan fingerprint density at radius 1 is 0.298 bits per heavy atom. The van der Waals surface area contributed by atoms with Crippen molar-refractivity contribution in [3.05, 3.63) is 212 Å². The average Bonchev–Trinajstić information content (AvgIpc) is 3.86. The van der Waals surface area contributed by atoms with Crippen molar-refractivity contribution in [3.63, 3.8) is 0 Å². The van der Waals surface area contributed by atoms with E-state index >= 15 is 0 Å². The van der Waals surface area contributed by atoms with E-state index in [2.05, 4.69) is 217 Å². The van der Waals surface area contributed by atoms with Gasteiger partial charge in [-0.15, -0.1) is 22.7 Å². The molecule has 1 nitrogen and oxygen atoms in total. The topological polar surface area (TPSA) is 3.24 Å². The van der Waals surface area contributed by atoms with Gasteiger partial charge in [0.2, 0.25) is 0 Å². The van der Waals surface area contributed by atoms with Crippen LogP contribution in [0.15, 0.2) is 212 Å². The van der Waals surface area contributed by atoms with Crippen molar-refractivity contribution in [2.75, 3.05) is 4.90 Å². The molecule has 0 amide bonds. The fourth-order valence-electron chi connectivity index (χ4n) is 8.50. The zero-order chi connectivity index (χ0) is 37.7. The molecule has 0 N–H and O–H groups in total. The summed E-state index contributed by atoms with van der Waals surface area (Å²) in [5.74, 6) is 0. The summed E-state index contributed by atoms with van der Waals surface area (Å²) in [6, 6.07) is 77.7. The molecule has 0 atom stereocenters. The largest absolute Gasteiger partial charge is 0.309 e. The van der Waals surface area contributed by atoms with Crippen LogP contribution in [-0.4, -0.2) is 0 Å². The molecule has 11 rings (SSSR count). The van der Waals surface area contributed by atoms with E-state index in [1.54, 1.807) is 0 Å². The zero-order valence-corrected chi connectivity index (χ0v) is 32.6. The van der Waals surface area contributed by atoms with Crippen molar-refractivity contribution >= 4 is 80.1 Å². The molecule has 0 radical (unpaired) electrons. The molecule has 0 unspecified atom stereocenters. The Morgan fingerprint density at radius 3 is 1.60 bits per heavy atom. The molecule has 0 bridgehead atoms. The summed E-state index contributed by atoms with van der Waals surface area (Å²) in [5.41, 5.74) is 13.0. The maximum absolute atomic E-state index is 2.50. The van der Waals surface area contributed by atoms with Crippen LogP contribution >= 0.6 is 22.7 Å². The number of anilines is 3. The van der Waals surface area contributed by atoms with E-state index in [-0.39, 0.29) is 0 Å². The van der Waals surface area contributed by atoms with Crippen LogP contribution in [0.25, 0.3) is 84.9 Å². The van der Waals surface area contributed by atoms with Crippen LogP contribution in [0.3, 0.4) is 0 Å². The minimum absolute atomic E-state index is 1.10. The lowest BCUT2D eigenvalue weighted by molar-refractivity contribution is 1.30. The molecule has 3 heteroatoms. The number of benzene rings is 9. The van der Waals surface area contributed by atoms with Crippen LogP contribution in [0.2, 0.25) is 0 Å². The second kappa shape index (κ2) is 14.1. The van der Waals surface area contributed by atoms with Gasteiger partial charge in [0.1, 0.15) is 0 Å². The molecule has 0 aliphatic heterocycles. The molecule has 57 heavy (non-hydrogen) atoms.